The van der Waals surface area contributed by atoms with Gasteiger partial charge in [0.1, 0.15) is 0 Å². The summed E-state index contributed by atoms with van der Waals surface area (Å²) in [7, 11) is 0. The van der Waals surface area contributed by atoms with E-state index >= 15 is 0 Å². The van der Waals surface area contributed by atoms with E-state index in [2.05, 4.69) is 46.7 Å². The van der Waals surface area contributed by atoms with Crippen molar-refractivity contribution in [1.29, 1.82) is 0 Å². The molecule has 0 amide bonds. The average molecular weight is 269 g/mol. The first-order valence-electron chi connectivity index (χ1n) is 7.65. The lowest BCUT2D eigenvalue weighted by Crippen LogP contribution is -2.30. The van der Waals surface area contributed by atoms with Crippen molar-refractivity contribution < 1.29 is 0 Å². The molecule has 2 N–H and O–H groups in total. The van der Waals surface area contributed by atoms with Crippen LogP contribution >= 0.6 is 0 Å². The highest BCUT2D eigenvalue weighted by molar-refractivity contribution is 5.62. The molecule has 1 heterocycles. The molecular weight excluding hydrogens is 246 g/mol. The van der Waals surface area contributed by atoms with Crippen LogP contribution in [0.3, 0.4) is 0 Å². The number of aryl methyl sites for hydroxylation is 1. The molecule has 0 spiro atoms. The molecule has 1 saturated carbocycles. The van der Waals surface area contributed by atoms with Crippen molar-refractivity contribution in [1.82, 2.24) is 15.5 Å². The molecule has 3 heteroatoms. The van der Waals surface area contributed by atoms with Gasteiger partial charge in [0, 0.05) is 18.2 Å². The van der Waals surface area contributed by atoms with E-state index < -0.39 is 0 Å². The molecule has 0 bridgehead atoms. The van der Waals surface area contributed by atoms with Gasteiger partial charge in [-0.05, 0) is 25.3 Å². The Hall–Kier alpha value is -1.61. The fourth-order valence-electron chi connectivity index (χ4n) is 2.98. The maximum absolute atomic E-state index is 4.22. The summed E-state index contributed by atoms with van der Waals surface area (Å²) in [5.41, 5.74) is 4.91. The molecule has 0 unspecified atom stereocenters. The standard InChI is InChI=1S/C17H23N3/c1-13-7-9-14(10-8-13)17-15(12-19-20-17)11-18-16-5-3-2-4-6-16/h7-10,12,16,18H,2-6,11H2,1H3,(H,19,20). The predicted octanol–water partition coefficient (Wildman–Crippen LogP) is 3.81. The van der Waals surface area contributed by atoms with Crippen molar-refractivity contribution in [3.63, 3.8) is 0 Å². The third kappa shape index (κ3) is 3.10. The third-order valence-electron chi connectivity index (χ3n) is 4.24. The molecule has 0 aliphatic heterocycles. The lowest BCUT2D eigenvalue weighted by atomic mass is 9.95. The lowest BCUT2D eigenvalue weighted by Gasteiger charge is -2.22. The summed E-state index contributed by atoms with van der Waals surface area (Å²) in [5.74, 6) is 0. The van der Waals surface area contributed by atoms with Crippen LogP contribution in [0.4, 0.5) is 0 Å². The SMILES string of the molecule is Cc1ccc(-c2[nH]ncc2CNC2CCCCC2)cc1. The Balaban J connectivity index is 1.68. The van der Waals surface area contributed by atoms with Crippen molar-refractivity contribution in [3.05, 3.63) is 41.6 Å². The molecule has 20 heavy (non-hydrogen) atoms. The van der Waals surface area contributed by atoms with E-state index in [1.54, 1.807) is 0 Å². The topological polar surface area (TPSA) is 40.7 Å². The monoisotopic (exact) mass is 269 g/mol. The minimum absolute atomic E-state index is 0.685. The van der Waals surface area contributed by atoms with E-state index in [9.17, 15) is 0 Å². The molecule has 1 aliphatic rings. The van der Waals surface area contributed by atoms with Crippen molar-refractivity contribution in [3.8, 4) is 11.3 Å². The van der Waals surface area contributed by atoms with Gasteiger partial charge in [-0.3, -0.25) is 5.10 Å². The number of hydrogen-bond acceptors (Lipinski definition) is 2. The minimum Gasteiger partial charge on any atom is -0.310 e. The second kappa shape index (κ2) is 6.23. The Morgan fingerprint density at radius 1 is 1.15 bits per heavy atom. The number of H-pyrrole nitrogens is 1. The van der Waals surface area contributed by atoms with Crippen molar-refractivity contribution in [2.75, 3.05) is 0 Å². The molecule has 106 valence electrons. The van der Waals surface area contributed by atoms with Crippen LogP contribution in [0, 0.1) is 6.92 Å². The van der Waals surface area contributed by atoms with Crippen LogP contribution in [0.15, 0.2) is 30.5 Å². The largest absolute Gasteiger partial charge is 0.310 e. The van der Waals surface area contributed by atoms with Crippen molar-refractivity contribution in [2.45, 2.75) is 51.6 Å². The molecule has 0 atom stereocenters. The normalized spacial score (nSPS) is 16.4. The van der Waals surface area contributed by atoms with Crippen LogP contribution in [0.2, 0.25) is 0 Å². The number of aromatic nitrogens is 2. The fourth-order valence-corrected chi connectivity index (χ4v) is 2.98. The first-order chi connectivity index (χ1) is 9.83. The van der Waals surface area contributed by atoms with Gasteiger partial charge in [-0.1, -0.05) is 49.1 Å². The summed E-state index contributed by atoms with van der Waals surface area (Å²) in [6, 6.07) is 9.30. The van der Waals surface area contributed by atoms with Crippen molar-refractivity contribution >= 4 is 0 Å². The van der Waals surface area contributed by atoms with E-state index in [1.807, 2.05) is 6.20 Å². The van der Waals surface area contributed by atoms with Crippen LogP contribution in [0.5, 0.6) is 0 Å². The van der Waals surface area contributed by atoms with Gasteiger partial charge in [0.15, 0.2) is 0 Å². The molecule has 0 saturated heterocycles. The Morgan fingerprint density at radius 3 is 2.65 bits per heavy atom. The summed E-state index contributed by atoms with van der Waals surface area (Å²) in [6.07, 6.45) is 8.72. The number of rotatable bonds is 4. The van der Waals surface area contributed by atoms with Gasteiger partial charge in [0.05, 0.1) is 11.9 Å². The zero-order valence-electron chi connectivity index (χ0n) is 12.2. The van der Waals surface area contributed by atoms with E-state index in [0.717, 1.165) is 12.2 Å². The van der Waals surface area contributed by atoms with E-state index in [-0.39, 0.29) is 0 Å². The summed E-state index contributed by atoms with van der Waals surface area (Å²) in [6.45, 7) is 3.02. The van der Waals surface area contributed by atoms with Crippen LogP contribution in [0.25, 0.3) is 11.3 Å². The van der Waals surface area contributed by atoms with Gasteiger partial charge in [-0.2, -0.15) is 5.10 Å². The summed E-state index contributed by atoms with van der Waals surface area (Å²) < 4.78 is 0. The van der Waals surface area contributed by atoms with Crippen LogP contribution < -0.4 is 5.32 Å². The minimum atomic E-state index is 0.685. The second-order valence-corrected chi connectivity index (χ2v) is 5.85. The molecule has 3 rings (SSSR count). The van der Waals surface area contributed by atoms with Crippen LogP contribution in [-0.2, 0) is 6.54 Å². The molecule has 1 aliphatic carbocycles. The van der Waals surface area contributed by atoms with Gasteiger partial charge in [-0.25, -0.2) is 0 Å². The number of aromatic amines is 1. The number of nitrogens with one attached hydrogen (secondary N) is 2. The lowest BCUT2D eigenvalue weighted by molar-refractivity contribution is 0.372. The Kier molecular flexibility index (Phi) is 4.16. The summed E-state index contributed by atoms with van der Waals surface area (Å²) in [5, 5.41) is 11.0. The maximum atomic E-state index is 4.22. The van der Waals surface area contributed by atoms with Gasteiger partial charge in [0.25, 0.3) is 0 Å². The van der Waals surface area contributed by atoms with Gasteiger partial charge in [0.2, 0.25) is 0 Å². The van der Waals surface area contributed by atoms with Crippen molar-refractivity contribution in [2.24, 2.45) is 0 Å². The third-order valence-corrected chi connectivity index (χ3v) is 4.24. The molecule has 1 aromatic heterocycles. The molecule has 1 aromatic carbocycles. The van der Waals surface area contributed by atoms with Crippen LogP contribution in [0.1, 0.15) is 43.2 Å². The molecular formula is C17H23N3. The van der Waals surface area contributed by atoms with E-state index in [0.29, 0.717) is 6.04 Å². The molecule has 3 nitrogen and oxygen atoms in total. The Bertz CT molecular complexity index is 536. The molecule has 2 aromatic rings. The fraction of sp³-hybridized carbons (Fsp3) is 0.471. The highest BCUT2D eigenvalue weighted by atomic mass is 15.1. The predicted molar refractivity (Wildman–Crippen MR) is 82.5 cm³/mol. The van der Waals surface area contributed by atoms with Gasteiger partial charge >= 0.3 is 0 Å². The molecule has 1 fully saturated rings. The summed E-state index contributed by atoms with van der Waals surface area (Å²) in [4.78, 5) is 0. The van der Waals surface area contributed by atoms with E-state index in [1.165, 1.54) is 48.8 Å². The maximum Gasteiger partial charge on any atom is 0.0695 e. The van der Waals surface area contributed by atoms with E-state index in [4.69, 9.17) is 0 Å². The summed E-state index contributed by atoms with van der Waals surface area (Å²) >= 11 is 0. The highest BCUT2D eigenvalue weighted by Crippen LogP contribution is 2.23. The van der Waals surface area contributed by atoms with Crippen LogP contribution in [-0.4, -0.2) is 16.2 Å². The number of nitrogens with zero attached hydrogens (tertiary/aromatic N) is 1. The Labute approximate surface area is 120 Å². The smallest absolute Gasteiger partial charge is 0.0695 e. The molecule has 0 radical (unpaired) electrons. The van der Waals surface area contributed by atoms with Gasteiger partial charge in [-0.15, -0.1) is 0 Å². The van der Waals surface area contributed by atoms with Gasteiger partial charge < -0.3 is 5.32 Å². The first kappa shape index (κ1) is 13.4. The number of hydrogen-bond donors (Lipinski definition) is 2. The average Bonchev–Trinajstić information content (AvgIpc) is 2.95. The Morgan fingerprint density at radius 2 is 1.90 bits per heavy atom. The first-order valence-corrected chi connectivity index (χ1v) is 7.65. The highest BCUT2D eigenvalue weighted by Gasteiger charge is 2.14. The quantitative estimate of drug-likeness (QED) is 0.886. The zero-order valence-corrected chi connectivity index (χ0v) is 12.2. The second-order valence-electron chi connectivity index (χ2n) is 5.85. The number of benzene rings is 1. The zero-order chi connectivity index (χ0) is 13.8.